The van der Waals surface area contributed by atoms with Gasteiger partial charge in [-0.25, -0.2) is 0 Å². The van der Waals surface area contributed by atoms with E-state index in [9.17, 15) is 0 Å². The lowest BCUT2D eigenvalue weighted by molar-refractivity contribution is 0.0560. The van der Waals surface area contributed by atoms with Crippen molar-refractivity contribution < 1.29 is 9.47 Å². The maximum absolute atomic E-state index is 6.68. The van der Waals surface area contributed by atoms with Gasteiger partial charge in [-0.2, -0.15) is 0 Å². The molecule has 0 amide bonds. The van der Waals surface area contributed by atoms with Crippen LogP contribution in [0.15, 0.2) is 41.0 Å². The maximum atomic E-state index is 6.68. The van der Waals surface area contributed by atoms with E-state index in [1.54, 1.807) is 0 Å². The molecule has 0 unspecified atom stereocenters. The smallest absolute Gasteiger partial charge is 0.126 e. The molecule has 2 nitrogen and oxygen atoms in total. The zero-order chi connectivity index (χ0) is 26.0. The lowest BCUT2D eigenvalue weighted by atomic mass is 9.86. The van der Waals surface area contributed by atoms with Crippen LogP contribution in [0.25, 0.3) is 0 Å². The van der Waals surface area contributed by atoms with Crippen molar-refractivity contribution in [2.24, 2.45) is 5.92 Å². The van der Waals surface area contributed by atoms with E-state index in [-0.39, 0.29) is 5.60 Å². The van der Waals surface area contributed by atoms with Gasteiger partial charge in [-0.3, -0.25) is 0 Å². The predicted octanol–water partition coefficient (Wildman–Crippen LogP) is 10.0. The summed E-state index contributed by atoms with van der Waals surface area (Å²) in [7, 11) is 0. The molecule has 0 radical (unpaired) electrons. The molecule has 35 heavy (non-hydrogen) atoms. The fraction of sp³-hybridized carbons (Fsp3) is 0.636. The Kier molecular flexibility index (Phi) is 11.7. The standard InChI is InChI=1S/C33H52O2/c1-24(2)13-10-14-26(5)15-11-16-27(6)17-12-20-33(9)21-18-30-23-31(34-22-19-25(3)4)28(7)29(8)32(30)35-33/h13,15,17,23,25H,10-12,14,16,18-22H2,1-9H3/b26-15+,27-17+/t33-/m1/s1. The van der Waals surface area contributed by atoms with Crippen LogP contribution in [0.5, 0.6) is 11.5 Å². The minimum absolute atomic E-state index is 0.0948. The summed E-state index contributed by atoms with van der Waals surface area (Å²) in [5.74, 6) is 2.80. The number of fused-ring (bicyclic) bond motifs is 1. The second kappa shape index (κ2) is 14.0. The quantitative estimate of drug-likeness (QED) is 0.261. The Hall–Kier alpha value is -1.96. The van der Waals surface area contributed by atoms with Crippen LogP contribution < -0.4 is 9.47 Å². The first kappa shape index (κ1) is 29.3. The van der Waals surface area contributed by atoms with Gasteiger partial charge in [-0.15, -0.1) is 0 Å². The van der Waals surface area contributed by atoms with Crippen molar-refractivity contribution in [1.29, 1.82) is 0 Å². The summed E-state index contributed by atoms with van der Waals surface area (Å²) in [4.78, 5) is 0. The summed E-state index contributed by atoms with van der Waals surface area (Å²) in [5.41, 5.74) is 8.09. The van der Waals surface area contributed by atoms with E-state index in [4.69, 9.17) is 9.47 Å². The molecule has 1 atom stereocenters. The Balaban J connectivity index is 1.88. The molecule has 0 spiro atoms. The summed E-state index contributed by atoms with van der Waals surface area (Å²) in [6, 6.07) is 2.23. The van der Waals surface area contributed by atoms with Crippen molar-refractivity contribution in [2.45, 2.75) is 126 Å². The van der Waals surface area contributed by atoms with Gasteiger partial charge in [-0.1, -0.05) is 48.8 Å². The molecule has 2 rings (SSSR count). The molecule has 1 aliphatic rings. The van der Waals surface area contributed by atoms with Crippen LogP contribution in [0.2, 0.25) is 0 Å². The van der Waals surface area contributed by atoms with E-state index < -0.39 is 0 Å². The van der Waals surface area contributed by atoms with Crippen LogP contribution in [0, 0.1) is 19.8 Å². The average Bonchev–Trinajstić information content (AvgIpc) is 2.77. The van der Waals surface area contributed by atoms with Gasteiger partial charge in [0.15, 0.2) is 0 Å². The third-order valence-electron chi connectivity index (χ3n) is 7.38. The largest absolute Gasteiger partial charge is 0.493 e. The van der Waals surface area contributed by atoms with E-state index in [0.29, 0.717) is 5.92 Å². The zero-order valence-electron chi connectivity index (χ0n) is 24.3. The fourth-order valence-electron chi connectivity index (χ4n) is 4.65. The van der Waals surface area contributed by atoms with E-state index in [2.05, 4.69) is 86.6 Å². The van der Waals surface area contributed by atoms with Gasteiger partial charge >= 0.3 is 0 Å². The van der Waals surface area contributed by atoms with Gasteiger partial charge in [0.2, 0.25) is 0 Å². The van der Waals surface area contributed by atoms with Crippen molar-refractivity contribution in [3.05, 3.63) is 57.7 Å². The molecule has 0 fully saturated rings. The van der Waals surface area contributed by atoms with Crippen LogP contribution in [0.4, 0.5) is 0 Å². The van der Waals surface area contributed by atoms with Crippen molar-refractivity contribution in [3.63, 3.8) is 0 Å². The van der Waals surface area contributed by atoms with Crippen LogP contribution in [0.1, 0.15) is 117 Å². The highest BCUT2D eigenvalue weighted by Gasteiger charge is 2.32. The molecule has 1 aromatic carbocycles. The molecular formula is C33H52O2. The third kappa shape index (κ3) is 9.90. The zero-order valence-corrected chi connectivity index (χ0v) is 24.3. The summed E-state index contributed by atoms with van der Waals surface area (Å²) in [5, 5.41) is 0. The van der Waals surface area contributed by atoms with E-state index in [1.165, 1.54) is 39.8 Å². The van der Waals surface area contributed by atoms with Crippen LogP contribution in [-0.4, -0.2) is 12.2 Å². The Morgan fingerprint density at radius 2 is 1.60 bits per heavy atom. The molecule has 1 aliphatic heterocycles. The van der Waals surface area contributed by atoms with Crippen LogP contribution >= 0.6 is 0 Å². The fourth-order valence-corrected chi connectivity index (χ4v) is 4.65. The third-order valence-corrected chi connectivity index (χ3v) is 7.38. The molecule has 2 heteroatoms. The molecule has 0 aromatic heterocycles. The van der Waals surface area contributed by atoms with E-state index in [1.807, 2.05) is 0 Å². The number of rotatable bonds is 13. The van der Waals surface area contributed by atoms with Crippen molar-refractivity contribution >= 4 is 0 Å². The van der Waals surface area contributed by atoms with Crippen molar-refractivity contribution in [3.8, 4) is 11.5 Å². The van der Waals surface area contributed by atoms with Gasteiger partial charge < -0.3 is 9.47 Å². The minimum atomic E-state index is -0.0948. The highest BCUT2D eigenvalue weighted by molar-refractivity contribution is 5.53. The normalized spacial score (nSPS) is 18.3. The monoisotopic (exact) mass is 480 g/mol. The highest BCUT2D eigenvalue weighted by Crippen LogP contribution is 2.42. The van der Waals surface area contributed by atoms with Crippen LogP contribution in [-0.2, 0) is 6.42 Å². The summed E-state index contributed by atoms with van der Waals surface area (Å²) >= 11 is 0. The van der Waals surface area contributed by atoms with E-state index in [0.717, 1.165) is 69.5 Å². The number of hydrogen-bond acceptors (Lipinski definition) is 2. The summed E-state index contributed by atoms with van der Waals surface area (Å²) in [6.07, 6.45) is 17.2. The molecule has 1 aromatic rings. The molecule has 1 heterocycles. The molecule has 0 saturated carbocycles. The van der Waals surface area contributed by atoms with Gasteiger partial charge in [0, 0.05) is 0 Å². The molecule has 196 valence electrons. The predicted molar refractivity (Wildman–Crippen MR) is 153 cm³/mol. The van der Waals surface area contributed by atoms with Crippen molar-refractivity contribution in [2.75, 3.05) is 6.61 Å². The van der Waals surface area contributed by atoms with E-state index >= 15 is 0 Å². The first-order chi connectivity index (χ1) is 16.5. The average molecular weight is 481 g/mol. The Bertz CT molecular complexity index is 912. The molecular weight excluding hydrogens is 428 g/mol. The highest BCUT2D eigenvalue weighted by atomic mass is 16.5. The second-order valence-corrected chi connectivity index (χ2v) is 11.7. The van der Waals surface area contributed by atoms with Gasteiger partial charge in [0.05, 0.1) is 6.61 Å². The number of benzene rings is 1. The topological polar surface area (TPSA) is 18.5 Å². The first-order valence-electron chi connectivity index (χ1n) is 13.9. The summed E-state index contributed by atoms with van der Waals surface area (Å²) < 4.78 is 12.8. The molecule has 0 aliphatic carbocycles. The number of hydrogen-bond donors (Lipinski definition) is 0. The Morgan fingerprint density at radius 1 is 0.971 bits per heavy atom. The lowest BCUT2D eigenvalue weighted by Gasteiger charge is -2.37. The Labute approximate surface area is 216 Å². The first-order valence-corrected chi connectivity index (χ1v) is 13.9. The van der Waals surface area contributed by atoms with Crippen LogP contribution in [0.3, 0.4) is 0 Å². The van der Waals surface area contributed by atoms with Gasteiger partial charge in [0.25, 0.3) is 0 Å². The second-order valence-electron chi connectivity index (χ2n) is 11.7. The van der Waals surface area contributed by atoms with Gasteiger partial charge in [-0.05, 0) is 135 Å². The number of aryl methyl sites for hydroxylation is 1. The molecule has 0 saturated heterocycles. The number of ether oxygens (including phenoxy) is 2. The van der Waals surface area contributed by atoms with Crippen molar-refractivity contribution in [1.82, 2.24) is 0 Å². The molecule has 0 N–H and O–H groups in total. The molecule has 0 bridgehead atoms. The summed E-state index contributed by atoms with van der Waals surface area (Å²) in [6.45, 7) is 20.8. The van der Waals surface area contributed by atoms with Gasteiger partial charge in [0.1, 0.15) is 17.1 Å². The number of allylic oxidation sites excluding steroid dienone is 6. The Morgan fingerprint density at radius 3 is 2.23 bits per heavy atom. The minimum Gasteiger partial charge on any atom is -0.493 e. The maximum Gasteiger partial charge on any atom is 0.126 e. The lowest BCUT2D eigenvalue weighted by Crippen LogP contribution is -2.36. The SMILES string of the molecule is CC(C)=CCC/C(C)=C/CC/C(C)=C/CC[C@]1(C)CCc2cc(OCCC(C)C)c(C)c(C)c2O1.